The van der Waals surface area contributed by atoms with Gasteiger partial charge >= 0.3 is 0 Å². The van der Waals surface area contributed by atoms with Crippen molar-refractivity contribution >= 4 is 0 Å². The summed E-state index contributed by atoms with van der Waals surface area (Å²) in [7, 11) is 0. The van der Waals surface area contributed by atoms with Crippen molar-refractivity contribution in [2.24, 2.45) is 0 Å². The molecule has 1 aromatic carbocycles. The van der Waals surface area contributed by atoms with E-state index < -0.39 is 0 Å². The minimum absolute atomic E-state index is 0.866. The average Bonchev–Trinajstić information content (AvgIpc) is 2.58. The second-order valence-electron chi connectivity index (χ2n) is 5.78. The van der Waals surface area contributed by atoms with Crippen molar-refractivity contribution in [3.05, 3.63) is 47.7 Å². The molecule has 2 aromatic rings. The molecule has 1 aliphatic rings. The number of aryl methyl sites for hydroxylation is 2. The van der Waals surface area contributed by atoms with Crippen LogP contribution in [-0.2, 0) is 11.2 Å². The smallest absolute Gasteiger partial charge is 0.0932 e. The predicted molar refractivity (Wildman–Crippen MR) is 87.8 cm³/mol. The molecule has 0 amide bonds. The molecule has 22 heavy (non-hydrogen) atoms. The van der Waals surface area contributed by atoms with E-state index >= 15 is 0 Å². The van der Waals surface area contributed by atoms with Crippen molar-refractivity contribution in [2.45, 2.75) is 19.8 Å². The molecule has 1 aliphatic heterocycles. The Bertz CT molecular complexity index is 595. The quantitative estimate of drug-likeness (QED) is 0.850. The highest BCUT2D eigenvalue weighted by Crippen LogP contribution is 2.18. The molecule has 1 aromatic heterocycles. The van der Waals surface area contributed by atoms with Crippen molar-refractivity contribution in [1.29, 1.82) is 0 Å². The van der Waals surface area contributed by atoms with E-state index in [0.717, 1.165) is 62.6 Å². The molecule has 0 N–H and O–H groups in total. The summed E-state index contributed by atoms with van der Waals surface area (Å²) < 4.78 is 5.37. The lowest BCUT2D eigenvalue weighted by Gasteiger charge is -2.26. The Balaban J connectivity index is 1.58. The first kappa shape index (κ1) is 15.1. The molecule has 0 radical (unpaired) electrons. The molecule has 0 saturated carbocycles. The zero-order valence-corrected chi connectivity index (χ0v) is 13.2. The van der Waals surface area contributed by atoms with Crippen molar-refractivity contribution in [2.75, 3.05) is 32.8 Å². The van der Waals surface area contributed by atoms with Gasteiger partial charge in [-0.2, -0.15) is 10.2 Å². The lowest BCUT2D eigenvalue weighted by atomic mass is 10.1. The van der Waals surface area contributed by atoms with Crippen LogP contribution in [-0.4, -0.2) is 47.9 Å². The number of hydrogen-bond acceptors (Lipinski definition) is 4. The summed E-state index contributed by atoms with van der Waals surface area (Å²) in [6.45, 7) is 7.08. The fraction of sp³-hybridized carbons (Fsp3) is 0.444. The third-order valence-corrected chi connectivity index (χ3v) is 4.15. The number of benzene rings is 1. The fourth-order valence-electron chi connectivity index (χ4n) is 2.80. The Hall–Kier alpha value is -1.78. The van der Waals surface area contributed by atoms with Gasteiger partial charge in [-0.1, -0.05) is 30.3 Å². The van der Waals surface area contributed by atoms with Gasteiger partial charge in [0, 0.05) is 18.7 Å². The zero-order chi connectivity index (χ0) is 15.2. The highest BCUT2D eigenvalue weighted by atomic mass is 16.5. The maximum atomic E-state index is 5.37. The van der Waals surface area contributed by atoms with Crippen LogP contribution in [0.5, 0.6) is 0 Å². The summed E-state index contributed by atoms with van der Waals surface area (Å²) >= 11 is 0. The molecule has 4 heteroatoms. The Kier molecular flexibility index (Phi) is 5.14. The van der Waals surface area contributed by atoms with Gasteiger partial charge in [0.05, 0.1) is 24.6 Å². The molecule has 0 atom stereocenters. The zero-order valence-electron chi connectivity index (χ0n) is 13.2. The second kappa shape index (κ2) is 7.47. The standard InChI is InChI=1S/C18H23N3O/c1-15-14-18(16-6-3-2-4-7-16)20-19-17(15)8-5-9-21-10-12-22-13-11-21/h2-4,6-7,14H,5,8-13H2,1H3. The van der Waals surface area contributed by atoms with Crippen LogP contribution in [0.1, 0.15) is 17.7 Å². The lowest BCUT2D eigenvalue weighted by Crippen LogP contribution is -2.37. The first-order chi connectivity index (χ1) is 10.8. The van der Waals surface area contributed by atoms with E-state index in [2.05, 4.69) is 40.2 Å². The van der Waals surface area contributed by atoms with E-state index in [0.29, 0.717) is 0 Å². The van der Waals surface area contributed by atoms with E-state index in [1.54, 1.807) is 0 Å². The first-order valence-electron chi connectivity index (χ1n) is 8.01. The summed E-state index contributed by atoms with van der Waals surface area (Å²) in [6, 6.07) is 12.4. The van der Waals surface area contributed by atoms with Gasteiger partial charge in [-0.25, -0.2) is 0 Å². The summed E-state index contributed by atoms with van der Waals surface area (Å²) in [5, 5.41) is 8.84. The van der Waals surface area contributed by atoms with Crippen molar-refractivity contribution in [3.8, 4) is 11.3 Å². The number of aromatic nitrogens is 2. The van der Waals surface area contributed by atoms with Crippen molar-refractivity contribution in [1.82, 2.24) is 15.1 Å². The van der Waals surface area contributed by atoms with E-state index in [4.69, 9.17) is 4.74 Å². The molecule has 2 heterocycles. The van der Waals surface area contributed by atoms with E-state index in [9.17, 15) is 0 Å². The summed E-state index contributed by atoms with van der Waals surface area (Å²) in [6.07, 6.45) is 2.12. The van der Waals surface area contributed by atoms with Gasteiger partial charge in [0.15, 0.2) is 0 Å². The number of morpholine rings is 1. The first-order valence-corrected chi connectivity index (χ1v) is 8.01. The number of ether oxygens (including phenoxy) is 1. The third kappa shape index (κ3) is 3.90. The van der Waals surface area contributed by atoms with Crippen LogP contribution in [0.2, 0.25) is 0 Å². The molecule has 4 nitrogen and oxygen atoms in total. The fourth-order valence-corrected chi connectivity index (χ4v) is 2.80. The Morgan fingerprint density at radius 3 is 2.59 bits per heavy atom. The summed E-state index contributed by atoms with van der Waals surface area (Å²) in [4.78, 5) is 2.46. The van der Waals surface area contributed by atoms with Gasteiger partial charge in [-0.3, -0.25) is 4.90 Å². The molecule has 0 spiro atoms. The minimum atomic E-state index is 0.866. The Labute approximate surface area is 132 Å². The van der Waals surface area contributed by atoms with Gasteiger partial charge in [-0.05, 0) is 37.9 Å². The summed E-state index contributed by atoms with van der Waals surface area (Å²) in [5.74, 6) is 0. The number of rotatable bonds is 5. The Morgan fingerprint density at radius 1 is 1.09 bits per heavy atom. The van der Waals surface area contributed by atoms with Crippen LogP contribution in [0, 0.1) is 6.92 Å². The predicted octanol–water partition coefficient (Wildman–Crippen LogP) is 2.72. The SMILES string of the molecule is Cc1cc(-c2ccccc2)nnc1CCCN1CCOCC1. The maximum absolute atomic E-state index is 5.37. The van der Waals surface area contributed by atoms with Gasteiger partial charge in [0.25, 0.3) is 0 Å². The van der Waals surface area contributed by atoms with Crippen LogP contribution in [0.4, 0.5) is 0 Å². The average molecular weight is 297 g/mol. The van der Waals surface area contributed by atoms with Crippen LogP contribution in [0.25, 0.3) is 11.3 Å². The molecular formula is C18H23N3O. The molecular weight excluding hydrogens is 274 g/mol. The number of nitrogens with zero attached hydrogens (tertiary/aromatic N) is 3. The molecule has 0 aliphatic carbocycles. The highest BCUT2D eigenvalue weighted by Gasteiger charge is 2.11. The summed E-state index contributed by atoms with van der Waals surface area (Å²) in [5.41, 5.74) is 4.43. The maximum Gasteiger partial charge on any atom is 0.0932 e. The van der Waals surface area contributed by atoms with E-state index in [-0.39, 0.29) is 0 Å². The van der Waals surface area contributed by atoms with E-state index in [1.807, 2.05) is 18.2 Å². The molecule has 0 bridgehead atoms. The van der Waals surface area contributed by atoms with Crippen LogP contribution < -0.4 is 0 Å². The van der Waals surface area contributed by atoms with Crippen LogP contribution in [0.15, 0.2) is 36.4 Å². The normalized spacial score (nSPS) is 15.9. The molecule has 3 rings (SSSR count). The highest BCUT2D eigenvalue weighted by molar-refractivity contribution is 5.59. The Morgan fingerprint density at radius 2 is 1.86 bits per heavy atom. The van der Waals surface area contributed by atoms with Crippen molar-refractivity contribution in [3.63, 3.8) is 0 Å². The molecule has 116 valence electrons. The monoisotopic (exact) mass is 297 g/mol. The largest absolute Gasteiger partial charge is 0.379 e. The van der Waals surface area contributed by atoms with Crippen LogP contribution >= 0.6 is 0 Å². The van der Waals surface area contributed by atoms with Crippen molar-refractivity contribution < 1.29 is 4.74 Å². The minimum Gasteiger partial charge on any atom is -0.379 e. The van der Waals surface area contributed by atoms with Gasteiger partial charge in [0.2, 0.25) is 0 Å². The van der Waals surface area contributed by atoms with Gasteiger partial charge in [0.1, 0.15) is 0 Å². The topological polar surface area (TPSA) is 38.2 Å². The third-order valence-electron chi connectivity index (χ3n) is 4.15. The van der Waals surface area contributed by atoms with Crippen LogP contribution in [0.3, 0.4) is 0 Å². The molecule has 1 saturated heterocycles. The van der Waals surface area contributed by atoms with E-state index in [1.165, 1.54) is 5.56 Å². The molecule has 1 fully saturated rings. The lowest BCUT2D eigenvalue weighted by molar-refractivity contribution is 0.0374. The van der Waals surface area contributed by atoms with Gasteiger partial charge < -0.3 is 4.74 Å². The number of hydrogen-bond donors (Lipinski definition) is 0. The second-order valence-corrected chi connectivity index (χ2v) is 5.78. The molecule has 0 unspecified atom stereocenters. The van der Waals surface area contributed by atoms with Gasteiger partial charge in [-0.15, -0.1) is 0 Å².